The van der Waals surface area contributed by atoms with Gasteiger partial charge in [-0.1, -0.05) is 13.8 Å². The molecule has 0 aliphatic carbocycles. The summed E-state index contributed by atoms with van der Waals surface area (Å²) in [7, 11) is 0. The molecule has 0 atom stereocenters. The highest BCUT2D eigenvalue weighted by Gasteiger charge is 1.96. The summed E-state index contributed by atoms with van der Waals surface area (Å²) in [5.74, 6) is 0.762. The third-order valence-corrected chi connectivity index (χ3v) is 3.07. The van der Waals surface area contributed by atoms with E-state index in [4.69, 9.17) is 0 Å². The fourth-order valence-corrected chi connectivity index (χ4v) is 2.18. The molecule has 1 N–H and O–H groups in total. The zero-order valence-electron chi connectivity index (χ0n) is 9.47. The van der Waals surface area contributed by atoms with Gasteiger partial charge in [0.25, 0.3) is 0 Å². The summed E-state index contributed by atoms with van der Waals surface area (Å²) in [6.45, 7) is 8.95. The lowest BCUT2D eigenvalue weighted by atomic mass is 10.2. The molecule has 0 spiro atoms. The fourth-order valence-electron chi connectivity index (χ4n) is 1.44. The average Bonchev–Trinajstić information content (AvgIpc) is 2.50. The Hall–Kier alpha value is -0.340. The van der Waals surface area contributed by atoms with E-state index in [0.29, 0.717) is 0 Å². The molecular weight excluding hydrogens is 190 g/mol. The van der Waals surface area contributed by atoms with E-state index in [0.717, 1.165) is 19.0 Å². The number of hydrogen-bond acceptors (Lipinski definition) is 2. The molecule has 80 valence electrons. The first-order valence-electron chi connectivity index (χ1n) is 5.43. The molecule has 0 unspecified atom stereocenters. The smallest absolute Gasteiger partial charge is 0.00170 e. The largest absolute Gasteiger partial charge is 0.316 e. The third-order valence-electron chi connectivity index (χ3n) is 2.16. The zero-order chi connectivity index (χ0) is 10.4. The van der Waals surface area contributed by atoms with Gasteiger partial charge in [-0.3, -0.25) is 0 Å². The second kappa shape index (κ2) is 6.20. The monoisotopic (exact) mass is 211 g/mol. The van der Waals surface area contributed by atoms with Crippen LogP contribution in [0.25, 0.3) is 0 Å². The van der Waals surface area contributed by atoms with Crippen molar-refractivity contribution in [1.29, 1.82) is 0 Å². The van der Waals surface area contributed by atoms with Crippen LogP contribution in [0.4, 0.5) is 0 Å². The van der Waals surface area contributed by atoms with Crippen LogP contribution < -0.4 is 5.32 Å². The lowest BCUT2D eigenvalue weighted by Crippen LogP contribution is -2.20. The van der Waals surface area contributed by atoms with E-state index in [2.05, 4.69) is 37.5 Å². The van der Waals surface area contributed by atoms with Crippen LogP contribution in [0.2, 0.25) is 0 Å². The molecule has 0 aliphatic rings. The van der Waals surface area contributed by atoms with Gasteiger partial charge in [-0.05, 0) is 55.8 Å². The Bertz CT molecular complexity index is 253. The summed E-state index contributed by atoms with van der Waals surface area (Å²) in [5.41, 5.74) is 1.50. The van der Waals surface area contributed by atoms with Crippen molar-refractivity contribution in [2.24, 2.45) is 5.92 Å². The second-order valence-corrected chi connectivity index (χ2v) is 5.38. The molecule has 2 heteroatoms. The van der Waals surface area contributed by atoms with E-state index in [-0.39, 0.29) is 0 Å². The minimum atomic E-state index is 0.762. The molecule has 1 aromatic heterocycles. The van der Waals surface area contributed by atoms with E-state index >= 15 is 0 Å². The number of rotatable bonds is 6. The number of aryl methyl sites for hydroxylation is 2. The highest BCUT2D eigenvalue weighted by molar-refractivity contribution is 7.10. The molecule has 1 heterocycles. The van der Waals surface area contributed by atoms with Crippen LogP contribution in [0, 0.1) is 12.8 Å². The Morgan fingerprint density at radius 1 is 1.43 bits per heavy atom. The van der Waals surface area contributed by atoms with Crippen molar-refractivity contribution in [3.05, 3.63) is 21.9 Å². The summed E-state index contributed by atoms with van der Waals surface area (Å²) >= 11 is 1.85. The van der Waals surface area contributed by atoms with E-state index in [9.17, 15) is 0 Å². The average molecular weight is 211 g/mol. The molecular formula is C12H21NS. The maximum Gasteiger partial charge on any atom is 0.00170 e. The van der Waals surface area contributed by atoms with E-state index in [1.807, 2.05) is 11.3 Å². The molecule has 0 amide bonds. The van der Waals surface area contributed by atoms with Gasteiger partial charge < -0.3 is 5.32 Å². The van der Waals surface area contributed by atoms with Crippen LogP contribution in [-0.2, 0) is 6.42 Å². The Labute approximate surface area is 91.5 Å². The maximum atomic E-state index is 3.47. The maximum absolute atomic E-state index is 3.47. The Kier molecular flexibility index (Phi) is 5.20. The van der Waals surface area contributed by atoms with Crippen LogP contribution in [0.15, 0.2) is 11.4 Å². The van der Waals surface area contributed by atoms with Crippen LogP contribution in [0.1, 0.15) is 30.7 Å². The summed E-state index contributed by atoms with van der Waals surface area (Å²) in [4.78, 5) is 1.43. The summed E-state index contributed by atoms with van der Waals surface area (Å²) in [5, 5.41) is 5.74. The highest BCUT2D eigenvalue weighted by Crippen LogP contribution is 2.14. The van der Waals surface area contributed by atoms with E-state index in [1.54, 1.807) is 0 Å². The van der Waals surface area contributed by atoms with Gasteiger partial charge in [0.1, 0.15) is 0 Å². The van der Waals surface area contributed by atoms with E-state index < -0.39 is 0 Å². The zero-order valence-corrected chi connectivity index (χ0v) is 10.3. The van der Waals surface area contributed by atoms with Gasteiger partial charge in [-0.25, -0.2) is 0 Å². The minimum Gasteiger partial charge on any atom is -0.316 e. The molecule has 0 aliphatic heterocycles. The Morgan fingerprint density at radius 2 is 2.21 bits per heavy atom. The van der Waals surface area contributed by atoms with Gasteiger partial charge in [0.05, 0.1) is 0 Å². The highest BCUT2D eigenvalue weighted by atomic mass is 32.1. The molecule has 1 rings (SSSR count). The first kappa shape index (κ1) is 11.7. The number of thiophene rings is 1. The molecule has 0 radical (unpaired) electrons. The molecule has 14 heavy (non-hydrogen) atoms. The van der Waals surface area contributed by atoms with Gasteiger partial charge in [-0.2, -0.15) is 0 Å². The Morgan fingerprint density at radius 3 is 2.79 bits per heavy atom. The quantitative estimate of drug-likeness (QED) is 0.712. The molecule has 0 saturated heterocycles. The molecule has 1 aromatic rings. The van der Waals surface area contributed by atoms with Gasteiger partial charge >= 0.3 is 0 Å². The predicted octanol–water partition coefficient (Wildman–Crippen LogP) is 3.23. The van der Waals surface area contributed by atoms with Crippen LogP contribution in [0.3, 0.4) is 0 Å². The number of hydrogen-bond donors (Lipinski definition) is 1. The normalized spacial score (nSPS) is 11.1. The first-order valence-corrected chi connectivity index (χ1v) is 6.31. The van der Waals surface area contributed by atoms with E-state index in [1.165, 1.54) is 23.3 Å². The summed E-state index contributed by atoms with van der Waals surface area (Å²) in [6.07, 6.45) is 2.47. The van der Waals surface area contributed by atoms with Crippen molar-refractivity contribution in [1.82, 2.24) is 5.32 Å². The number of nitrogens with one attached hydrogen (secondary N) is 1. The molecule has 0 fully saturated rings. The molecule has 0 saturated carbocycles. The van der Waals surface area contributed by atoms with Crippen molar-refractivity contribution in [2.75, 3.05) is 13.1 Å². The van der Waals surface area contributed by atoms with Gasteiger partial charge in [0, 0.05) is 4.88 Å². The van der Waals surface area contributed by atoms with Gasteiger partial charge in [-0.15, -0.1) is 11.3 Å². The lowest BCUT2D eigenvalue weighted by Gasteiger charge is -2.06. The second-order valence-electron chi connectivity index (χ2n) is 4.27. The standard InChI is InChI=1S/C12H21NS/c1-10(2)8-13-6-4-5-12-7-11(3)14-9-12/h7,9-10,13H,4-6,8H2,1-3H3. The van der Waals surface area contributed by atoms with Crippen LogP contribution >= 0.6 is 11.3 Å². The first-order chi connectivity index (χ1) is 6.68. The van der Waals surface area contributed by atoms with Crippen LogP contribution in [0.5, 0.6) is 0 Å². The van der Waals surface area contributed by atoms with Gasteiger partial charge in [0.15, 0.2) is 0 Å². The summed E-state index contributed by atoms with van der Waals surface area (Å²) in [6, 6.07) is 2.30. The summed E-state index contributed by atoms with van der Waals surface area (Å²) < 4.78 is 0. The minimum absolute atomic E-state index is 0.762. The molecule has 0 bridgehead atoms. The predicted molar refractivity (Wildman–Crippen MR) is 65.1 cm³/mol. The Balaban J connectivity index is 2.04. The SMILES string of the molecule is Cc1cc(CCCNCC(C)C)cs1. The van der Waals surface area contributed by atoms with Gasteiger partial charge in [0.2, 0.25) is 0 Å². The fraction of sp³-hybridized carbons (Fsp3) is 0.667. The lowest BCUT2D eigenvalue weighted by molar-refractivity contribution is 0.543. The van der Waals surface area contributed by atoms with Crippen molar-refractivity contribution in [3.8, 4) is 0 Å². The van der Waals surface area contributed by atoms with Crippen molar-refractivity contribution >= 4 is 11.3 Å². The molecule has 0 aromatic carbocycles. The van der Waals surface area contributed by atoms with Crippen molar-refractivity contribution in [3.63, 3.8) is 0 Å². The topological polar surface area (TPSA) is 12.0 Å². The third kappa shape index (κ3) is 4.77. The van der Waals surface area contributed by atoms with Crippen LogP contribution in [-0.4, -0.2) is 13.1 Å². The van der Waals surface area contributed by atoms with Crippen molar-refractivity contribution < 1.29 is 0 Å². The van der Waals surface area contributed by atoms with Crippen molar-refractivity contribution in [2.45, 2.75) is 33.6 Å². The molecule has 1 nitrogen and oxygen atoms in total.